The van der Waals surface area contributed by atoms with Crippen molar-refractivity contribution in [1.29, 1.82) is 0 Å². The monoisotopic (exact) mass is 316 g/mol. The van der Waals surface area contributed by atoms with Crippen molar-refractivity contribution in [2.45, 2.75) is 6.42 Å². The minimum absolute atomic E-state index is 0. The molecule has 0 saturated carbocycles. The summed E-state index contributed by atoms with van der Waals surface area (Å²) in [5, 5.41) is 3.02. The Balaban J connectivity index is 0.00000400. The number of amides is 1. The van der Waals surface area contributed by atoms with E-state index in [9.17, 15) is 4.79 Å². The van der Waals surface area contributed by atoms with Crippen LogP contribution in [0.3, 0.4) is 0 Å². The molecule has 6 heteroatoms. The number of hydrogen-bond acceptors (Lipinski definition) is 4. The molecule has 0 aliphatic carbocycles. The molecule has 21 heavy (non-hydrogen) atoms. The van der Waals surface area contributed by atoms with Gasteiger partial charge in [-0.2, -0.15) is 0 Å². The Kier molecular flexibility index (Phi) is 10.7. The van der Waals surface area contributed by atoms with E-state index in [2.05, 4.69) is 5.32 Å². The van der Waals surface area contributed by atoms with Crippen LogP contribution in [0.15, 0.2) is 24.3 Å². The molecule has 1 rings (SSSR count). The third kappa shape index (κ3) is 7.32. The number of rotatable bonds is 9. The highest BCUT2D eigenvalue weighted by Crippen LogP contribution is 2.13. The summed E-state index contributed by atoms with van der Waals surface area (Å²) in [5.41, 5.74) is 0.674. The van der Waals surface area contributed by atoms with Gasteiger partial charge in [-0.05, 0) is 31.3 Å². The van der Waals surface area contributed by atoms with E-state index in [4.69, 9.17) is 9.47 Å². The van der Waals surface area contributed by atoms with Gasteiger partial charge in [0.1, 0.15) is 5.75 Å². The van der Waals surface area contributed by atoms with E-state index < -0.39 is 0 Å². The van der Waals surface area contributed by atoms with Gasteiger partial charge >= 0.3 is 0 Å². The first-order valence-corrected chi connectivity index (χ1v) is 6.81. The Labute approximate surface area is 133 Å². The number of hydrogen-bond donors (Lipinski definition) is 1. The first kappa shape index (κ1) is 19.7. The van der Waals surface area contributed by atoms with Crippen molar-refractivity contribution in [2.75, 3.05) is 47.5 Å². The highest BCUT2D eigenvalue weighted by atomic mass is 35.5. The normalized spacial score (nSPS) is 9.86. The summed E-state index contributed by atoms with van der Waals surface area (Å²) in [4.78, 5) is 13.8. The molecular weight excluding hydrogens is 292 g/mol. The van der Waals surface area contributed by atoms with Gasteiger partial charge in [-0.15, -0.1) is 12.4 Å². The molecule has 1 amide bonds. The highest BCUT2D eigenvalue weighted by molar-refractivity contribution is 5.94. The fourth-order valence-electron chi connectivity index (χ4n) is 1.69. The molecule has 0 unspecified atom stereocenters. The summed E-state index contributed by atoms with van der Waals surface area (Å²) in [6, 6.07) is 7.24. The second kappa shape index (κ2) is 11.4. The van der Waals surface area contributed by atoms with Crippen LogP contribution in [0, 0.1) is 0 Å². The number of likely N-dealkylation sites (N-methyl/N-ethyl adjacent to an activating group) is 2. The molecule has 1 N–H and O–H groups in total. The van der Waals surface area contributed by atoms with Crippen LogP contribution in [0.1, 0.15) is 16.8 Å². The van der Waals surface area contributed by atoms with E-state index in [1.165, 1.54) is 0 Å². The molecule has 5 nitrogen and oxygen atoms in total. The summed E-state index contributed by atoms with van der Waals surface area (Å²) >= 11 is 0. The molecule has 0 radical (unpaired) electrons. The number of methoxy groups -OCH3 is 1. The largest absolute Gasteiger partial charge is 0.494 e. The maximum atomic E-state index is 12.1. The van der Waals surface area contributed by atoms with Crippen molar-refractivity contribution in [1.82, 2.24) is 10.2 Å². The second-order valence-corrected chi connectivity index (χ2v) is 4.55. The zero-order chi connectivity index (χ0) is 14.8. The summed E-state index contributed by atoms with van der Waals surface area (Å²) in [7, 11) is 5.34. The zero-order valence-corrected chi connectivity index (χ0v) is 13.7. The summed E-state index contributed by atoms with van der Waals surface area (Å²) in [5.74, 6) is 0.793. The van der Waals surface area contributed by atoms with Crippen LogP contribution in [-0.2, 0) is 4.74 Å². The molecule has 1 aromatic rings. The molecule has 1 aromatic carbocycles. The lowest BCUT2D eigenvalue weighted by molar-refractivity contribution is 0.0797. The van der Waals surface area contributed by atoms with Crippen LogP contribution in [0.4, 0.5) is 0 Å². The standard InChI is InChI=1S/C15H24N2O3.ClH/c1-16-9-10-17(2)15(18)13-5-7-14(8-6-13)20-12-4-11-19-3;/h5-8,16H,4,9-12H2,1-3H3;1H. The molecule has 0 spiro atoms. The van der Waals surface area contributed by atoms with Gasteiger partial charge in [-0.1, -0.05) is 0 Å². The predicted octanol–water partition coefficient (Wildman–Crippen LogP) is 1.82. The van der Waals surface area contributed by atoms with Gasteiger partial charge in [0.05, 0.1) is 6.61 Å². The lowest BCUT2D eigenvalue weighted by Gasteiger charge is -2.17. The average molecular weight is 317 g/mol. The van der Waals surface area contributed by atoms with Crippen molar-refractivity contribution < 1.29 is 14.3 Å². The fourth-order valence-corrected chi connectivity index (χ4v) is 1.69. The van der Waals surface area contributed by atoms with Gasteiger partial charge in [0.15, 0.2) is 0 Å². The van der Waals surface area contributed by atoms with E-state index >= 15 is 0 Å². The second-order valence-electron chi connectivity index (χ2n) is 4.55. The van der Waals surface area contributed by atoms with Crippen LogP contribution in [0.5, 0.6) is 5.75 Å². The average Bonchev–Trinajstić information content (AvgIpc) is 2.49. The fraction of sp³-hybridized carbons (Fsp3) is 0.533. The maximum Gasteiger partial charge on any atom is 0.253 e. The summed E-state index contributed by atoms with van der Waals surface area (Å²) in [6.07, 6.45) is 0.851. The predicted molar refractivity (Wildman–Crippen MR) is 86.6 cm³/mol. The van der Waals surface area contributed by atoms with Crippen molar-refractivity contribution >= 4 is 18.3 Å². The van der Waals surface area contributed by atoms with Crippen LogP contribution >= 0.6 is 12.4 Å². The molecule has 0 atom stereocenters. The van der Waals surface area contributed by atoms with E-state index in [0.717, 1.165) is 18.7 Å². The first-order valence-electron chi connectivity index (χ1n) is 6.81. The Morgan fingerprint density at radius 3 is 2.48 bits per heavy atom. The van der Waals surface area contributed by atoms with Crippen molar-refractivity contribution in [3.63, 3.8) is 0 Å². The number of carbonyl (C=O) groups is 1. The van der Waals surface area contributed by atoms with Crippen LogP contribution < -0.4 is 10.1 Å². The van der Waals surface area contributed by atoms with E-state index in [1.54, 1.807) is 31.2 Å². The zero-order valence-electron chi connectivity index (χ0n) is 12.9. The number of nitrogens with one attached hydrogen (secondary N) is 1. The lowest BCUT2D eigenvalue weighted by Crippen LogP contribution is -2.32. The van der Waals surface area contributed by atoms with Crippen molar-refractivity contribution in [3.8, 4) is 5.75 Å². The molecule has 0 bridgehead atoms. The Hall–Kier alpha value is -1.30. The number of halogens is 1. The molecule has 0 saturated heterocycles. The van der Waals surface area contributed by atoms with Crippen LogP contribution in [0.25, 0.3) is 0 Å². The van der Waals surface area contributed by atoms with Crippen LogP contribution in [-0.4, -0.2) is 58.3 Å². The molecule has 0 aliphatic heterocycles. The van der Waals surface area contributed by atoms with Gasteiger partial charge < -0.3 is 19.7 Å². The summed E-state index contributed by atoms with van der Waals surface area (Å²) < 4.78 is 10.5. The van der Waals surface area contributed by atoms with Crippen molar-refractivity contribution in [3.05, 3.63) is 29.8 Å². The molecule has 0 heterocycles. The topological polar surface area (TPSA) is 50.8 Å². The third-order valence-electron chi connectivity index (χ3n) is 2.91. The molecule has 0 aromatic heterocycles. The van der Waals surface area contributed by atoms with Gasteiger partial charge in [0.2, 0.25) is 0 Å². The molecule has 0 fully saturated rings. The van der Waals surface area contributed by atoms with E-state index in [1.807, 2.05) is 19.2 Å². The minimum atomic E-state index is 0. The summed E-state index contributed by atoms with van der Waals surface area (Å²) in [6.45, 7) is 2.77. The van der Waals surface area contributed by atoms with Gasteiger partial charge in [-0.25, -0.2) is 0 Å². The SMILES string of the molecule is CNCCN(C)C(=O)c1ccc(OCCCOC)cc1.Cl. The lowest BCUT2D eigenvalue weighted by atomic mass is 10.2. The Morgan fingerprint density at radius 1 is 1.24 bits per heavy atom. The number of ether oxygens (including phenoxy) is 2. The molecule has 120 valence electrons. The van der Waals surface area contributed by atoms with E-state index in [-0.39, 0.29) is 18.3 Å². The highest BCUT2D eigenvalue weighted by Gasteiger charge is 2.10. The Morgan fingerprint density at radius 2 is 1.90 bits per heavy atom. The van der Waals surface area contributed by atoms with E-state index in [0.29, 0.717) is 25.3 Å². The Bertz CT molecular complexity index is 398. The number of nitrogens with zero attached hydrogens (tertiary/aromatic N) is 1. The smallest absolute Gasteiger partial charge is 0.253 e. The number of benzene rings is 1. The third-order valence-corrected chi connectivity index (χ3v) is 2.91. The van der Waals surface area contributed by atoms with Gasteiger partial charge in [0, 0.05) is 45.8 Å². The van der Waals surface area contributed by atoms with Crippen LogP contribution in [0.2, 0.25) is 0 Å². The number of carbonyl (C=O) groups excluding carboxylic acids is 1. The van der Waals surface area contributed by atoms with Gasteiger partial charge in [0.25, 0.3) is 5.91 Å². The quantitative estimate of drug-likeness (QED) is 0.706. The van der Waals surface area contributed by atoms with Crippen molar-refractivity contribution in [2.24, 2.45) is 0 Å². The maximum absolute atomic E-state index is 12.1. The molecular formula is C15H25ClN2O3. The van der Waals surface area contributed by atoms with Gasteiger partial charge in [-0.3, -0.25) is 4.79 Å². The first-order chi connectivity index (χ1) is 9.69. The molecule has 0 aliphatic rings. The minimum Gasteiger partial charge on any atom is -0.494 e.